The van der Waals surface area contributed by atoms with E-state index < -0.39 is 24.8 Å². The maximum atomic E-state index is 9.50. The number of carbonyl (C=O) groups excluding carboxylic acids is 2. The van der Waals surface area contributed by atoms with Gasteiger partial charge in [0.1, 0.15) is 6.54 Å². The van der Waals surface area contributed by atoms with Crippen LogP contribution in [-0.4, -0.2) is 54.3 Å². The highest BCUT2D eigenvalue weighted by Crippen LogP contribution is 2.58. The smallest absolute Gasteiger partial charge is 0.102 e. The van der Waals surface area contributed by atoms with Crippen LogP contribution in [-0.2, 0) is 9.59 Å². The molecule has 0 aromatic heterocycles. The van der Waals surface area contributed by atoms with Crippen molar-refractivity contribution in [2.24, 2.45) is 17.8 Å². The Morgan fingerprint density at radius 3 is 1.60 bits per heavy atom. The first kappa shape index (κ1) is 22.6. The summed E-state index contributed by atoms with van der Waals surface area (Å²) in [5, 5.41) is 28.3. The highest BCUT2D eigenvalue weighted by molar-refractivity contribution is 14.0. The third-order valence-corrected chi connectivity index (χ3v) is 6.48. The average Bonchev–Trinajstić information content (AvgIpc) is 2.44. The molecule has 4 saturated carbocycles. The lowest BCUT2D eigenvalue weighted by Crippen LogP contribution is -2.67. The van der Waals surface area contributed by atoms with Gasteiger partial charge in [0.05, 0.1) is 26.2 Å². The van der Waals surface area contributed by atoms with E-state index in [2.05, 4.69) is 14.1 Å². The molecule has 0 atom stereocenters. The number of aliphatic hydroxyl groups is 1. The molecule has 0 aromatic carbocycles. The van der Waals surface area contributed by atoms with Crippen molar-refractivity contribution in [2.75, 3.05) is 27.2 Å². The maximum Gasteiger partial charge on any atom is 0.102 e. The van der Waals surface area contributed by atoms with E-state index in [1.807, 2.05) is 0 Å². The molecule has 0 radical (unpaired) electrons. The summed E-state index contributed by atoms with van der Waals surface area (Å²) in [4.78, 5) is 19.0. The molecule has 0 amide bonds. The molecule has 1 N–H and O–H groups in total. The molecule has 4 fully saturated rings. The normalized spacial score (nSPS) is 32.4. The number of halogens is 1. The Kier molecular flexibility index (Phi) is 8.14. The minimum atomic E-state index is -1.37. The molecule has 7 heteroatoms. The van der Waals surface area contributed by atoms with Crippen LogP contribution in [0.4, 0.5) is 0 Å². The van der Waals surface area contributed by atoms with Gasteiger partial charge in [-0.05, 0) is 49.9 Å². The van der Waals surface area contributed by atoms with Crippen LogP contribution in [0.2, 0.25) is 0 Å². The number of aliphatic carboxylic acids is 2. The highest BCUT2D eigenvalue weighted by Gasteiger charge is 2.58. The number of rotatable bonds is 6. The van der Waals surface area contributed by atoms with Crippen LogP contribution >= 0.6 is 24.0 Å². The zero-order valence-electron chi connectivity index (χ0n) is 15.2. The number of nitrogens with zero attached hydrogens (tertiary/aromatic N) is 1. The minimum absolute atomic E-state index is 0. The summed E-state index contributed by atoms with van der Waals surface area (Å²) < 4.78 is 1.06. The lowest BCUT2D eigenvalue weighted by molar-refractivity contribution is -0.948. The predicted octanol–water partition coefficient (Wildman–Crippen LogP) is -0.0917. The molecule has 4 bridgehead atoms. The fourth-order valence-electron chi connectivity index (χ4n) is 5.50. The number of hydrogen-bond acceptors (Lipinski definition) is 5. The Morgan fingerprint density at radius 1 is 0.960 bits per heavy atom. The van der Waals surface area contributed by atoms with Crippen LogP contribution in [0.25, 0.3) is 0 Å². The van der Waals surface area contributed by atoms with E-state index in [0.29, 0.717) is 12.1 Å². The molecule has 0 saturated heterocycles. The van der Waals surface area contributed by atoms with Gasteiger partial charge >= 0.3 is 0 Å². The molecular formula is C18H31INO5-. The molecule has 25 heavy (non-hydrogen) atoms. The van der Waals surface area contributed by atoms with Gasteiger partial charge in [0.2, 0.25) is 0 Å². The van der Waals surface area contributed by atoms with E-state index in [9.17, 15) is 24.9 Å². The van der Waals surface area contributed by atoms with Gasteiger partial charge in [-0.3, -0.25) is 0 Å². The molecular weight excluding hydrogens is 437 g/mol. The molecule has 6 nitrogen and oxygen atoms in total. The van der Waals surface area contributed by atoms with Gasteiger partial charge in [0.15, 0.2) is 0 Å². The quantitative estimate of drug-likeness (QED) is 0.434. The van der Waals surface area contributed by atoms with E-state index >= 15 is 0 Å². The SMILES string of the molecule is C[N+](C)(CCO)C12CC3CC(CC(C3)C1)C2.I.O=C([O-])CCC(=O)[O-]. The maximum absolute atomic E-state index is 9.50. The number of carboxylic acid groups (broad SMARTS) is 2. The second-order valence-electron chi connectivity index (χ2n) is 8.52. The zero-order valence-corrected chi connectivity index (χ0v) is 17.6. The summed E-state index contributed by atoms with van der Waals surface area (Å²) in [6.45, 7) is 1.28. The van der Waals surface area contributed by atoms with Crippen molar-refractivity contribution < 1.29 is 29.4 Å². The van der Waals surface area contributed by atoms with Gasteiger partial charge in [-0.15, -0.1) is 24.0 Å². The summed E-state index contributed by atoms with van der Waals surface area (Å²) in [7, 11) is 4.70. The number of carbonyl (C=O) groups is 2. The summed E-state index contributed by atoms with van der Waals surface area (Å²) in [6, 6.07) is 0. The molecule has 146 valence electrons. The van der Waals surface area contributed by atoms with E-state index in [1.165, 1.54) is 38.5 Å². The topological polar surface area (TPSA) is 100 Å². The van der Waals surface area contributed by atoms with Gasteiger partial charge in [-0.2, -0.15) is 0 Å². The Morgan fingerprint density at radius 2 is 1.32 bits per heavy atom. The monoisotopic (exact) mass is 468 g/mol. The second kappa shape index (κ2) is 8.99. The fraction of sp³-hybridized carbons (Fsp3) is 0.889. The van der Waals surface area contributed by atoms with E-state index in [-0.39, 0.29) is 24.0 Å². The molecule has 0 aliphatic heterocycles. The standard InChI is InChI=1S/C14H26NO.C4H6O4.HI/c1-15(2,3-4-16)14-8-11-5-12(9-14)7-13(6-11)10-14;5-3(6)1-2-4(7)8;/h11-13,16H,3-10H2,1-2H3;1-2H2,(H,5,6)(H,7,8);1H/q+1;;/p-2. The van der Waals surface area contributed by atoms with Gasteiger partial charge < -0.3 is 29.4 Å². The Labute approximate surface area is 167 Å². The zero-order chi connectivity index (χ0) is 18.0. The molecule has 0 spiro atoms. The molecule has 4 rings (SSSR count). The number of hydrogen-bond donors (Lipinski definition) is 1. The summed E-state index contributed by atoms with van der Waals surface area (Å²) >= 11 is 0. The molecule has 0 aromatic rings. The van der Waals surface area contributed by atoms with Crippen LogP contribution in [0, 0.1) is 17.8 Å². The van der Waals surface area contributed by atoms with Gasteiger partial charge in [0.25, 0.3) is 0 Å². The van der Waals surface area contributed by atoms with Crippen molar-refractivity contribution in [2.45, 2.75) is 56.9 Å². The first-order valence-corrected chi connectivity index (χ1v) is 9.01. The fourth-order valence-corrected chi connectivity index (χ4v) is 5.50. The van der Waals surface area contributed by atoms with Crippen LogP contribution in [0.1, 0.15) is 51.4 Å². The van der Waals surface area contributed by atoms with Crippen molar-refractivity contribution in [1.29, 1.82) is 0 Å². The summed E-state index contributed by atoms with van der Waals surface area (Å²) in [5.74, 6) is 0.315. The first-order chi connectivity index (χ1) is 11.2. The van der Waals surface area contributed by atoms with Crippen molar-refractivity contribution in [3.05, 3.63) is 0 Å². The Bertz CT molecular complexity index is 431. The second-order valence-corrected chi connectivity index (χ2v) is 8.52. The molecule has 4 aliphatic rings. The summed E-state index contributed by atoms with van der Waals surface area (Å²) in [5.41, 5.74) is 0.525. The largest absolute Gasteiger partial charge is 0.550 e. The molecule has 0 heterocycles. The van der Waals surface area contributed by atoms with Crippen molar-refractivity contribution >= 4 is 35.9 Å². The number of quaternary nitrogens is 1. The lowest BCUT2D eigenvalue weighted by atomic mass is 9.52. The molecule has 0 unspecified atom stereocenters. The van der Waals surface area contributed by atoms with Crippen molar-refractivity contribution in [1.82, 2.24) is 0 Å². The van der Waals surface area contributed by atoms with E-state index in [1.54, 1.807) is 0 Å². The first-order valence-electron chi connectivity index (χ1n) is 9.01. The van der Waals surface area contributed by atoms with Crippen LogP contribution in [0.3, 0.4) is 0 Å². The Hall–Kier alpha value is -0.410. The van der Waals surface area contributed by atoms with Crippen molar-refractivity contribution in [3.63, 3.8) is 0 Å². The van der Waals surface area contributed by atoms with Gasteiger partial charge in [-0.1, -0.05) is 0 Å². The van der Waals surface area contributed by atoms with Crippen LogP contribution < -0.4 is 10.2 Å². The predicted molar refractivity (Wildman–Crippen MR) is 99.6 cm³/mol. The lowest BCUT2D eigenvalue weighted by Gasteiger charge is -2.62. The summed E-state index contributed by atoms with van der Waals surface area (Å²) in [6.07, 6.45) is 7.91. The van der Waals surface area contributed by atoms with E-state index in [4.69, 9.17) is 0 Å². The minimum Gasteiger partial charge on any atom is -0.550 e. The van der Waals surface area contributed by atoms with Gasteiger partial charge in [-0.25, -0.2) is 0 Å². The van der Waals surface area contributed by atoms with Crippen molar-refractivity contribution in [3.8, 4) is 0 Å². The Balaban J connectivity index is 0.000000301. The highest BCUT2D eigenvalue weighted by atomic mass is 127. The van der Waals surface area contributed by atoms with Crippen LogP contribution in [0.5, 0.6) is 0 Å². The number of carboxylic acids is 2. The number of aliphatic hydroxyl groups excluding tert-OH is 1. The van der Waals surface area contributed by atoms with Crippen LogP contribution in [0.15, 0.2) is 0 Å². The third kappa shape index (κ3) is 5.53. The van der Waals surface area contributed by atoms with E-state index in [0.717, 1.165) is 28.8 Å². The molecule has 4 aliphatic carbocycles. The number of likely N-dealkylation sites (N-methyl/N-ethyl adjacent to an activating group) is 1. The average molecular weight is 468 g/mol. The third-order valence-electron chi connectivity index (χ3n) is 6.48. The van der Waals surface area contributed by atoms with Gasteiger partial charge in [0, 0.05) is 31.2 Å².